The number of fused-ring (bicyclic) bond motifs is 1. The number of aromatic nitrogens is 2. The maximum Gasteiger partial charge on any atom is 0.326 e. The second kappa shape index (κ2) is 4.31. The van der Waals surface area contributed by atoms with Crippen molar-refractivity contribution in [3.05, 3.63) is 33.2 Å². The molecule has 0 radical (unpaired) electrons. The number of ether oxygens (including phenoxy) is 1. The van der Waals surface area contributed by atoms with Crippen molar-refractivity contribution in [1.82, 2.24) is 9.55 Å². The van der Waals surface area contributed by atoms with Gasteiger partial charge in [-0.15, -0.1) is 0 Å². The van der Waals surface area contributed by atoms with Gasteiger partial charge < -0.3 is 9.72 Å². The monoisotopic (exact) mass is 296 g/mol. The summed E-state index contributed by atoms with van der Waals surface area (Å²) in [4.78, 5) is 14.9. The van der Waals surface area contributed by atoms with E-state index in [0.29, 0.717) is 6.61 Å². The Balaban J connectivity index is 2.20. The van der Waals surface area contributed by atoms with Crippen molar-refractivity contribution in [3.8, 4) is 0 Å². The Morgan fingerprint density at radius 2 is 2.35 bits per heavy atom. The molecule has 2 aromatic rings. The molecule has 0 spiro atoms. The lowest BCUT2D eigenvalue weighted by atomic mass is 10.1. The van der Waals surface area contributed by atoms with E-state index in [4.69, 9.17) is 4.74 Å². The van der Waals surface area contributed by atoms with Crippen molar-refractivity contribution < 1.29 is 4.74 Å². The maximum atomic E-state index is 12.0. The summed E-state index contributed by atoms with van der Waals surface area (Å²) < 4.78 is 8.22. The molecule has 1 saturated heterocycles. The van der Waals surface area contributed by atoms with E-state index in [9.17, 15) is 4.79 Å². The minimum atomic E-state index is -0.0533. The first kappa shape index (κ1) is 11.0. The Morgan fingerprint density at radius 1 is 1.47 bits per heavy atom. The third-order valence-corrected chi connectivity index (χ3v) is 3.83. The number of benzene rings is 1. The zero-order valence-electron chi connectivity index (χ0n) is 9.28. The summed E-state index contributed by atoms with van der Waals surface area (Å²) in [6, 6.07) is 5.94. The van der Waals surface area contributed by atoms with Crippen molar-refractivity contribution in [2.75, 3.05) is 13.2 Å². The Morgan fingerprint density at radius 3 is 3.12 bits per heavy atom. The van der Waals surface area contributed by atoms with Crippen LogP contribution in [0.2, 0.25) is 0 Å². The second-order valence-corrected chi connectivity index (χ2v) is 5.16. The topological polar surface area (TPSA) is 47.0 Å². The Labute approximate surface area is 107 Å². The SMILES string of the molecule is O=c1[nH]c2cccc(Br)c2n1C1CCCOC1. The lowest BCUT2D eigenvalue weighted by Crippen LogP contribution is -2.28. The molecule has 90 valence electrons. The fraction of sp³-hybridized carbons (Fsp3) is 0.417. The Hall–Kier alpha value is -1.07. The van der Waals surface area contributed by atoms with Crippen molar-refractivity contribution in [1.29, 1.82) is 0 Å². The molecule has 0 aliphatic carbocycles. The highest BCUT2D eigenvalue weighted by Crippen LogP contribution is 2.27. The number of rotatable bonds is 1. The fourth-order valence-corrected chi connectivity index (χ4v) is 2.97. The predicted octanol–water partition coefficient (Wildman–Crippen LogP) is 2.44. The number of para-hydroxylation sites is 1. The lowest BCUT2D eigenvalue weighted by Gasteiger charge is -2.23. The zero-order valence-corrected chi connectivity index (χ0v) is 10.9. The van der Waals surface area contributed by atoms with Crippen molar-refractivity contribution in [2.45, 2.75) is 18.9 Å². The minimum absolute atomic E-state index is 0.0533. The van der Waals surface area contributed by atoms with E-state index in [1.165, 1.54) is 0 Å². The Kier molecular flexibility index (Phi) is 2.80. The number of nitrogens with one attached hydrogen (secondary N) is 1. The van der Waals surface area contributed by atoms with Crippen LogP contribution in [0.3, 0.4) is 0 Å². The van der Waals surface area contributed by atoms with Crippen LogP contribution in [0.25, 0.3) is 11.0 Å². The van der Waals surface area contributed by atoms with Crippen LogP contribution in [0.5, 0.6) is 0 Å². The molecule has 0 saturated carbocycles. The number of nitrogens with zero attached hydrogens (tertiary/aromatic N) is 1. The van der Waals surface area contributed by atoms with Gasteiger partial charge in [-0.05, 0) is 40.9 Å². The van der Waals surface area contributed by atoms with Gasteiger partial charge in [-0.1, -0.05) is 6.07 Å². The summed E-state index contributed by atoms with van der Waals surface area (Å²) >= 11 is 3.51. The summed E-state index contributed by atoms with van der Waals surface area (Å²) in [5.41, 5.74) is 1.75. The van der Waals surface area contributed by atoms with E-state index in [1.807, 2.05) is 22.8 Å². The van der Waals surface area contributed by atoms with Crippen LogP contribution in [-0.4, -0.2) is 22.8 Å². The molecule has 0 amide bonds. The van der Waals surface area contributed by atoms with Gasteiger partial charge in [-0.3, -0.25) is 4.57 Å². The first-order valence-electron chi connectivity index (χ1n) is 5.74. The molecule has 1 N–H and O–H groups in total. The molecule has 0 bridgehead atoms. The van der Waals surface area contributed by atoms with E-state index < -0.39 is 0 Å². The molecule has 3 rings (SSSR count). The van der Waals surface area contributed by atoms with Gasteiger partial charge in [0, 0.05) is 11.1 Å². The lowest BCUT2D eigenvalue weighted by molar-refractivity contribution is 0.0594. The standard InChI is InChI=1S/C12H13BrN2O2/c13-9-4-1-5-10-11(9)15(12(16)14-10)8-3-2-6-17-7-8/h1,4-5,8H,2-3,6-7H2,(H,14,16). The molecule has 1 aliphatic heterocycles. The quantitative estimate of drug-likeness (QED) is 0.879. The largest absolute Gasteiger partial charge is 0.379 e. The summed E-state index contributed by atoms with van der Waals surface area (Å²) in [5.74, 6) is 0. The van der Waals surface area contributed by atoms with Gasteiger partial charge in [0.15, 0.2) is 0 Å². The summed E-state index contributed by atoms with van der Waals surface area (Å²) in [6.45, 7) is 1.42. The smallest absolute Gasteiger partial charge is 0.326 e. The van der Waals surface area contributed by atoms with Crippen LogP contribution < -0.4 is 5.69 Å². The molecule has 2 heterocycles. The van der Waals surface area contributed by atoms with Gasteiger partial charge >= 0.3 is 5.69 Å². The third kappa shape index (κ3) is 1.83. The predicted molar refractivity (Wildman–Crippen MR) is 69.3 cm³/mol. The molecule has 1 aliphatic rings. The third-order valence-electron chi connectivity index (χ3n) is 3.19. The van der Waals surface area contributed by atoms with E-state index in [0.717, 1.165) is 35.0 Å². The first-order chi connectivity index (χ1) is 8.27. The molecular weight excluding hydrogens is 284 g/mol. The minimum Gasteiger partial charge on any atom is -0.379 e. The van der Waals surface area contributed by atoms with E-state index in [1.54, 1.807) is 0 Å². The molecule has 17 heavy (non-hydrogen) atoms. The van der Waals surface area contributed by atoms with Gasteiger partial charge in [-0.2, -0.15) is 0 Å². The van der Waals surface area contributed by atoms with Gasteiger partial charge in [0.1, 0.15) is 0 Å². The molecule has 1 atom stereocenters. The number of hydrogen-bond donors (Lipinski definition) is 1. The summed E-state index contributed by atoms with van der Waals surface area (Å²) in [7, 11) is 0. The summed E-state index contributed by atoms with van der Waals surface area (Å²) in [5, 5.41) is 0. The van der Waals surface area contributed by atoms with E-state index in [2.05, 4.69) is 20.9 Å². The summed E-state index contributed by atoms with van der Waals surface area (Å²) in [6.07, 6.45) is 2.00. The van der Waals surface area contributed by atoms with Crippen molar-refractivity contribution in [2.24, 2.45) is 0 Å². The molecule has 1 unspecified atom stereocenters. The fourth-order valence-electron chi connectivity index (χ4n) is 2.41. The number of halogens is 1. The van der Waals surface area contributed by atoms with Crippen LogP contribution in [0.1, 0.15) is 18.9 Å². The highest BCUT2D eigenvalue weighted by Gasteiger charge is 2.21. The second-order valence-electron chi connectivity index (χ2n) is 4.31. The van der Waals surface area contributed by atoms with Crippen LogP contribution in [-0.2, 0) is 4.74 Å². The van der Waals surface area contributed by atoms with Gasteiger partial charge in [-0.25, -0.2) is 4.79 Å². The van der Waals surface area contributed by atoms with Gasteiger partial charge in [0.2, 0.25) is 0 Å². The zero-order chi connectivity index (χ0) is 11.8. The van der Waals surface area contributed by atoms with E-state index in [-0.39, 0.29) is 11.7 Å². The number of imidazole rings is 1. The van der Waals surface area contributed by atoms with Crippen LogP contribution >= 0.6 is 15.9 Å². The Bertz CT molecular complexity index is 596. The van der Waals surface area contributed by atoms with Gasteiger partial charge in [0.05, 0.1) is 23.7 Å². The van der Waals surface area contributed by atoms with Crippen LogP contribution in [0.15, 0.2) is 27.5 Å². The first-order valence-corrected chi connectivity index (χ1v) is 6.53. The number of hydrogen-bond acceptors (Lipinski definition) is 2. The van der Waals surface area contributed by atoms with Gasteiger partial charge in [0.25, 0.3) is 0 Å². The average molecular weight is 297 g/mol. The number of aromatic amines is 1. The van der Waals surface area contributed by atoms with E-state index >= 15 is 0 Å². The molecule has 1 aromatic carbocycles. The molecule has 5 heteroatoms. The van der Waals surface area contributed by atoms with Crippen LogP contribution in [0, 0.1) is 0 Å². The normalized spacial score (nSPS) is 20.9. The van der Waals surface area contributed by atoms with Crippen molar-refractivity contribution in [3.63, 3.8) is 0 Å². The maximum absolute atomic E-state index is 12.0. The molecule has 1 aromatic heterocycles. The highest BCUT2D eigenvalue weighted by molar-refractivity contribution is 9.10. The highest BCUT2D eigenvalue weighted by atomic mass is 79.9. The number of H-pyrrole nitrogens is 1. The molecular formula is C12H13BrN2O2. The van der Waals surface area contributed by atoms with Crippen LogP contribution in [0.4, 0.5) is 0 Å². The molecule has 1 fully saturated rings. The molecule has 4 nitrogen and oxygen atoms in total. The average Bonchev–Trinajstić information content (AvgIpc) is 2.68. The van der Waals surface area contributed by atoms with Crippen molar-refractivity contribution >= 4 is 27.0 Å².